The van der Waals surface area contributed by atoms with E-state index >= 15 is 0 Å². The van der Waals surface area contributed by atoms with Gasteiger partial charge >= 0.3 is 5.69 Å². The van der Waals surface area contributed by atoms with Gasteiger partial charge in [-0.25, -0.2) is 13.9 Å². The van der Waals surface area contributed by atoms with Crippen molar-refractivity contribution in [2.45, 2.75) is 6.54 Å². The van der Waals surface area contributed by atoms with Gasteiger partial charge in [0.15, 0.2) is 0 Å². The van der Waals surface area contributed by atoms with Crippen molar-refractivity contribution in [2.24, 2.45) is 7.05 Å². The molecule has 0 atom stereocenters. The number of hydrogen-bond acceptors (Lipinski definition) is 3. The van der Waals surface area contributed by atoms with Crippen LogP contribution in [0.25, 0.3) is 0 Å². The van der Waals surface area contributed by atoms with Crippen molar-refractivity contribution in [2.75, 3.05) is 5.32 Å². The minimum Gasteiger partial charge on any atom is -0.324 e. The highest BCUT2D eigenvalue weighted by atomic mass is 19.1. The maximum atomic E-state index is 12.9. The van der Waals surface area contributed by atoms with E-state index in [1.54, 1.807) is 6.07 Å². The van der Waals surface area contributed by atoms with Crippen molar-refractivity contribution in [1.82, 2.24) is 14.3 Å². The summed E-state index contributed by atoms with van der Waals surface area (Å²) >= 11 is 0. The summed E-state index contributed by atoms with van der Waals surface area (Å²) < 4.78 is 15.2. The molecular weight excluding hydrogens is 239 g/mol. The molecule has 1 heterocycles. The second-order valence-corrected chi connectivity index (χ2v) is 3.74. The molecule has 0 radical (unpaired) electrons. The zero-order valence-electron chi connectivity index (χ0n) is 9.63. The number of anilines is 1. The molecule has 2 rings (SSSR count). The highest BCUT2D eigenvalue weighted by Gasteiger charge is 2.08. The Balaban J connectivity index is 2.05. The van der Waals surface area contributed by atoms with Gasteiger partial charge in [-0.15, -0.1) is 0 Å². The van der Waals surface area contributed by atoms with Gasteiger partial charge in [-0.05, 0) is 18.2 Å². The van der Waals surface area contributed by atoms with Gasteiger partial charge in [-0.1, -0.05) is 6.07 Å². The molecule has 0 aliphatic carbocycles. The van der Waals surface area contributed by atoms with E-state index in [9.17, 15) is 14.0 Å². The smallest absolute Gasteiger partial charge is 0.324 e. The third kappa shape index (κ3) is 2.62. The van der Waals surface area contributed by atoms with E-state index in [0.717, 1.165) is 4.68 Å². The fraction of sp³-hybridized carbons (Fsp3) is 0.182. The molecule has 1 N–H and O–H groups in total. The fourth-order valence-electron chi connectivity index (χ4n) is 1.43. The summed E-state index contributed by atoms with van der Waals surface area (Å²) in [6.07, 6.45) is 1.32. The molecule has 0 aliphatic heterocycles. The maximum absolute atomic E-state index is 12.9. The first kappa shape index (κ1) is 12.0. The van der Waals surface area contributed by atoms with Gasteiger partial charge in [0.2, 0.25) is 5.91 Å². The van der Waals surface area contributed by atoms with Crippen molar-refractivity contribution >= 4 is 11.6 Å². The monoisotopic (exact) mass is 250 g/mol. The average molecular weight is 250 g/mol. The zero-order chi connectivity index (χ0) is 13.1. The number of hydrogen-bond donors (Lipinski definition) is 1. The van der Waals surface area contributed by atoms with Gasteiger partial charge in [0, 0.05) is 12.7 Å². The van der Waals surface area contributed by atoms with Crippen LogP contribution in [0.3, 0.4) is 0 Å². The van der Waals surface area contributed by atoms with Gasteiger partial charge in [0.25, 0.3) is 0 Å². The van der Waals surface area contributed by atoms with Crippen LogP contribution < -0.4 is 11.0 Å². The largest absolute Gasteiger partial charge is 0.345 e. The molecule has 0 unspecified atom stereocenters. The molecular formula is C11H11FN4O2. The van der Waals surface area contributed by atoms with E-state index in [1.165, 1.54) is 36.1 Å². The van der Waals surface area contributed by atoms with Crippen LogP contribution in [0.2, 0.25) is 0 Å². The Hall–Kier alpha value is -2.44. The van der Waals surface area contributed by atoms with Crippen LogP contribution in [0.4, 0.5) is 10.1 Å². The molecule has 1 amide bonds. The minimum absolute atomic E-state index is 0.212. The van der Waals surface area contributed by atoms with Crippen LogP contribution in [-0.2, 0) is 18.4 Å². The maximum Gasteiger partial charge on any atom is 0.345 e. The van der Waals surface area contributed by atoms with E-state index < -0.39 is 11.7 Å². The van der Waals surface area contributed by atoms with Crippen molar-refractivity contribution in [3.63, 3.8) is 0 Å². The van der Waals surface area contributed by atoms with Crippen molar-refractivity contribution < 1.29 is 9.18 Å². The fourth-order valence-corrected chi connectivity index (χ4v) is 1.43. The molecule has 0 spiro atoms. The second-order valence-electron chi connectivity index (χ2n) is 3.74. The first-order valence-electron chi connectivity index (χ1n) is 5.20. The van der Waals surface area contributed by atoms with Gasteiger partial charge in [-0.3, -0.25) is 9.36 Å². The number of nitrogens with one attached hydrogen (secondary N) is 1. The Morgan fingerprint density at radius 3 is 2.89 bits per heavy atom. The number of halogens is 1. The number of aryl methyl sites for hydroxylation is 1. The predicted molar refractivity (Wildman–Crippen MR) is 62.5 cm³/mol. The number of amides is 1. The SMILES string of the molecule is Cn1cnn(CC(=O)Nc2cccc(F)c2)c1=O. The van der Waals surface area contributed by atoms with Gasteiger partial charge in [0.1, 0.15) is 18.7 Å². The molecule has 2 aromatic rings. The minimum atomic E-state index is -0.443. The molecule has 0 saturated carbocycles. The van der Waals surface area contributed by atoms with Gasteiger partial charge in [-0.2, -0.15) is 5.10 Å². The average Bonchev–Trinajstić information content (AvgIpc) is 2.61. The Labute approximate surface area is 102 Å². The Morgan fingerprint density at radius 2 is 2.28 bits per heavy atom. The third-order valence-electron chi connectivity index (χ3n) is 2.29. The summed E-state index contributed by atoms with van der Waals surface area (Å²) in [6.45, 7) is -0.212. The molecule has 0 aliphatic rings. The lowest BCUT2D eigenvalue weighted by atomic mass is 10.3. The molecule has 0 saturated heterocycles. The Bertz CT molecular complexity index is 632. The normalized spacial score (nSPS) is 10.3. The molecule has 0 fully saturated rings. The number of carbonyl (C=O) groups excluding carboxylic acids is 1. The second kappa shape index (κ2) is 4.82. The van der Waals surface area contributed by atoms with E-state index in [0.29, 0.717) is 5.69 Å². The van der Waals surface area contributed by atoms with Crippen molar-refractivity contribution in [3.8, 4) is 0 Å². The molecule has 0 bridgehead atoms. The number of carbonyl (C=O) groups is 1. The number of benzene rings is 1. The zero-order valence-corrected chi connectivity index (χ0v) is 9.63. The summed E-state index contributed by atoms with van der Waals surface area (Å²) in [6, 6.07) is 5.51. The topological polar surface area (TPSA) is 68.9 Å². The van der Waals surface area contributed by atoms with Gasteiger partial charge in [0.05, 0.1) is 0 Å². The predicted octanol–water partition coefficient (Wildman–Crippen LogP) is 0.360. The lowest BCUT2D eigenvalue weighted by Crippen LogP contribution is -2.29. The molecule has 1 aromatic heterocycles. The summed E-state index contributed by atoms with van der Waals surface area (Å²) in [5.74, 6) is -0.885. The van der Waals surface area contributed by atoms with Crippen molar-refractivity contribution in [1.29, 1.82) is 0 Å². The third-order valence-corrected chi connectivity index (χ3v) is 2.29. The molecule has 6 nitrogen and oxygen atoms in total. The highest BCUT2D eigenvalue weighted by molar-refractivity contribution is 5.90. The quantitative estimate of drug-likeness (QED) is 0.855. The van der Waals surface area contributed by atoms with Crippen LogP contribution >= 0.6 is 0 Å². The van der Waals surface area contributed by atoms with E-state index in [-0.39, 0.29) is 12.2 Å². The summed E-state index contributed by atoms with van der Waals surface area (Å²) in [5.41, 5.74) is -0.0478. The van der Waals surface area contributed by atoms with Crippen LogP contribution in [0.5, 0.6) is 0 Å². The Morgan fingerprint density at radius 1 is 1.50 bits per heavy atom. The van der Waals surface area contributed by atoms with Crippen LogP contribution in [0, 0.1) is 5.82 Å². The lowest BCUT2D eigenvalue weighted by Gasteiger charge is -2.04. The molecule has 94 valence electrons. The first-order valence-corrected chi connectivity index (χ1v) is 5.20. The van der Waals surface area contributed by atoms with Crippen LogP contribution in [0.15, 0.2) is 35.4 Å². The number of nitrogens with zero attached hydrogens (tertiary/aromatic N) is 3. The summed E-state index contributed by atoms with van der Waals surface area (Å²) in [7, 11) is 1.54. The summed E-state index contributed by atoms with van der Waals surface area (Å²) in [4.78, 5) is 23.0. The van der Waals surface area contributed by atoms with E-state index in [1.807, 2.05) is 0 Å². The standard InChI is InChI=1S/C11H11FN4O2/c1-15-7-13-16(11(15)18)6-10(17)14-9-4-2-3-8(12)5-9/h2-5,7H,6H2,1H3,(H,14,17). The van der Waals surface area contributed by atoms with E-state index in [4.69, 9.17) is 0 Å². The van der Waals surface area contributed by atoms with Crippen LogP contribution in [0.1, 0.15) is 0 Å². The van der Waals surface area contributed by atoms with E-state index in [2.05, 4.69) is 10.4 Å². The molecule has 18 heavy (non-hydrogen) atoms. The number of rotatable bonds is 3. The molecule has 1 aromatic carbocycles. The number of aromatic nitrogens is 3. The van der Waals surface area contributed by atoms with Crippen molar-refractivity contribution in [3.05, 3.63) is 46.9 Å². The summed E-state index contributed by atoms with van der Waals surface area (Å²) in [5, 5.41) is 6.23. The van der Waals surface area contributed by atoms with Gasteiger partial charge < -0.3 is 5.32 Å². The van der Waals surface area contributed by atoms with Crippen LogP contribution in [-0.4, -0.2) is 20.3 Å². The Kier molecular flexibility index (Phi) is 3.22. The first-order chi connectivity index (χ1) is 8.56. The molecule has 7 heteroatoms. The lowest BCUT2D eigenvalue weighted by molar-refractivity contribution is -0.117. The highest BCUT2D eigenvalue weighted by Crippen LogP contribution is 2.08.